The summed E-state index contributed by atoms with van der Waals surface area (Å²) in [5.41, 5.74) is 0. The minimum absolute atomic E-state index is 0.505. The largest absolute Gasteiger partial charge is 0.300 e. The zero-order valence-corrected chi connectivity index (χ0v) is 6.31. The van der Waals surface area contributed by atoms with Gasteiger partial charge in [0.05, 0.1) is 0 Å². The van der Waals surface area contributed by atoms with Crippen LogP contribution < -0.4 is 0 Å². The molecule has 0 saturated heterocycles. The van der Waals surface area contributed by atoms with Gasteiger partial charge in [-0.05, 0) is 37.5 Å². The second kappa shape index (κ2) is 2.37. The van der Waals surface area contributed by atoms with Gasteiger partial charge in [-0.25, -0.2) is 0 Å². The lowest BCUT2D eigenvalue weighted by atomic mass is 10.0. The Labute approximate surface area is 61.8 Å². The summed E-state index contributed by atoms with van der Waals surface area (Å²) in [6.45, 7) is 0. The molecule has 0 aliphatic heterocycles. The molecular formula is C9H14O. The summed E-state index contributed by atoms with van der Waals surface area (Å²) in [6.07, 6.45) is 6.86. The Kier molecular flexibility index (Phi) is 1.51. The fraction of sp³-hybridized carbons (Fsp3) is 0.889. The Balaban J connectivity index is 1.88. The molecule has 0 aromatic heterocycles. The Morgan fingerprint density at radius 3 is 2.80 bits per heavy atom. The molecule has 10 heavy (non-hydrogen) atoms. The van der Waals surface area contributed by atoms with Gasteiger partial charge in [-0.2, -0.15) is 0 Å². The number of hydrogen-bond acceptors (Lipinski definition) is 1. The SMILES string of the molecule is O=C1CCCC2CC2CC1. The minimum Gasteiger partial charge on any atom is -0.300 e. The van der Waals surface area contributed by atoms with Crippen LogP contribution >= 0.6 is 0 Å². The molecule has 0 radical (unpaired) electrons. The summed E-state index contributed by atoms with van der Waals surface area (Å²) in [5.74, 6) is 2.47. The number of ketones is 1. The average Bonchev–Trinajstić information content (AvgIpc) is 2.59. The van der Waals surface area contributed by atoms with Crippen molar-refractivity contribution < 1.29 is 4.79 Å². The van der Waals surface area contributed by atoms with Crippen molar-refractivity contribution in [2.75, 3.05) is 0 Å². The third kappa shape index (κ3) is 1.23. The van der Waals surface area contributed by atoms with Crippen molar-refractivity contribution in [3.05, 3.63) is 0 Å². The van der Waals surface area contributed by atoms with E-state index in [0.717, 1.165) is 24.7 Å². The van der Waals surface area contributed by atoms with E-state index in [-0.39, 0.29) is 0 Å². The Hall–Kier alpha value is -0.330. The zero-order valence-electron chi connectivity index (χ0n) is 6.31. The number of fused-ring (bicyclic) bond motifs is 1. The fourth-order valence-corrected chi connectivity index (χ4v) is 2.05. The summed E-state index contributed by atoms with van der Waals surface area (Å²) < 4.78 is 0. The molecule has 0 aromatic carbocycles. The first kappa shape index (κ1) is 6.38. The molecule has 1 nitrogen and oxygen atoms in total. The maximum atomic E-state index is 11.0. The van der Waals surface area contributed by atoms with Crippen LogP contribution in [0.4, 0.5) is 0 Å². The van der Waals surface area contributed by atoms with Gasteiger partial charge in [0, 0.05) is 12.8 Å². The summed E-state index contributed by atoms with van der Waals surface area (Å²) in [6, 6.07) is 0. The van der Waals surface area contributed by atoms with E-state index in [2.05, 4.69) is 0 Å². The summed E-state index contributed by atoms with van der Waals surface area (Å²) in [7, 11) is 0. The highest BCUT2D eigenvalue weighted by Gasteiger charge is 2.37. The lowest BCUT2D eigenvalue weighted by molar-refractivity contribution is -0.119. The van der Waals surface area contributed by atoms with Gasteiger partial charge in [0.15, 0.2) is 0 Å². The quantitative estimate of drug-likeness (QED) is 0.501. The topological polar surface area (TPSA) is 17.1 Å². The van der Waals surface area contributed by atoms with Crippen LogP contribution in [0.2, 0.25) is 0 Å². The molecule has 0 N–H and O–H groups in total. The predicted molar refractivity (Wildman–Crippen MR) is 39.7 cm³/mol. The maximum Gasteiger partial charge on any atom is 0.132 e. The van der Waals surface area contributed by atoms with Crippen molar-refractivity contribution in [3.63, 3.8) is 0 Å². The van der Waals surface area contributed by atoms with Crippen molar-refractivity contribution in [2.24, 2.45) is 11.8 Å². The highest BCUT2D eigenvalue weighted by molar-refractivity contribution is 5.78. The predicted octanol–water partition coefficient (Wildman–Crippen LogP) is 2.16. The lowest BCUT2D eigenvalue weighted by Gasteiger charge is -2.04. The van der Waals surface area contributed by atoms with E-state index >= 15 is 0 Å². The highest BCUT2D eigenvalue weighted by Crippen LogP contribution is 2.46. The number of carbonyl (C=O) groups excluding carboxylic acids is 1. The van der Waals surface area contributed by atoms with Gasteiger partial charge in [0.25, 0.3) is 0 Å². The fourth-order valence-electron chi connectivity index (χ4n) is 2.05. The molecule has 2 atom stereocenters. The van der Waals surface area contributed by atoms with Crippen molar-refractivity contribution in [1.29, 1.82) is 0 Å². The average molecular weight is 138 g/mol. The molecule has 2 aliphatic carbocycles. The number of hydrogen-bond donors (Lipinski definition) is 0. The molecule has 2 aliphatic rings. The zero-order chi connectivity index (χ0) is 6.97. The molecule has 2 unspecified atom stereocenters. The third-order valence-electron chi connectivity index (χ3n) is 2.89. The molecule has 2 saturated carbocycles. The Morgan fingerprint density at radius 2 is 1.90 bits per heavy atom. The second-order valence-corrected chi connectivity index (χ2v) is 3.73. The van der Waals surface area contributed by atoms with Crippen LogP contribution in [0.25, 0.3) is 0 Å². The van der Waals surface area contributed by atoms with Gasteiger partial charge in [0.1, 0.15) is 5.78 Å². The Morgan fingerprint density at radius 1 is 1.10 bits per heavy atom. The molecule has 2 rings (SSSR count). The van der Waals surface area contributed by atoms with E-state index in [0.29, 0.717) is 5.78 Å². The van der Waals surface area contributed by atoms with Crippen LogP contribution in [0.15, 0.2) is 0 Å². The van der Waals surface area contributed by atoms with Gasteiger partial charge in [0.2, 0.25) is 0 Å². The van der Waals surface area contributed by atoms with Gasteiger partial charge < -0.3 is 0 Å². The van der Waals surface area contributed by atoms with E-state index in [1.807, 2.05) is 0 Å². The third-order valence-corrected chi connectivity index (χ3v) is 2.89. The summed E-state index contributed by atoms with van der Waals surface area (Å²) in [4.78, 5) is 11.0. The lowest BCUT2D eigenvalue weighted by Crippen LogP contribution is -2.02. The van der Waals surface area contributed by atoms with E-state index < -0.39 is 0 Å². The molecule has 0 amide bonds. The smallest absolute Gasteiger partial charge is 0.132 e. The molecule has 2 fully saturated rings. The molecule has 56 valence electrons. The molecule has 0 bridgehead atoms. The highest BCUT2D eigenvalue weighted by atomic mass is 16.1. The number of rotatable bonds is 0. The van der Waals surface area contributed by atoms with Crippen LogP contribution in [0, 0.1) is 11.8 Å². The van der Waals surface area contributed by atoms with Crippen LogP contribution in [0.1, 0.15) is 38.5 Å². The van der Waals surface area contributed by atoms with Crippen molar-refractivity contribution in [1.82, 2.24) is 0 Å². The van der Waals surface area contributed by atoms with E-state index in [9.17, 15) is 4.79 Å². The monoisotopic (exact) mass is 138 g/mol. The molecule has 0 spiro atoms. The number of carbonyl (C=O) groups is 1. The Bertz CT molecular complexity index is 151. The standard InChI is InChI=1S/C9H14O/c10-9-3-1-2-7-6-8(7)4-5-9/h7-8H,1-6H2. The maximum absolute atomic E-state index is 11.0. The summed E-state index contributed by atoms with van der Waals surface area (Å²) >= 11 is 0. The molecule has 0 heterocycles. The number of Topliss-reactive ketones (excluding diaryl/α,β-unsaturated/α-hetero) is 1. The molecule has 0 aromatic rings. The van der Waals surface area contributed by atoms with Crippen molar-refractivity contribution >= 4 is 5.78 Å². The van der Waals surface area contributed by atoms with Crippen LogP contribution in [-0.4, -0.2) is 5.78 Å². The van der Waals surface area contributed by atoms with Crippen molar-refractivity contribution in [2.45, 2.75) is 38.5 Å². The first-order valence-electron chi connectivity index (χ1n) is 4.38. The van der Waals surface area contributed by atoms with Crippen LogP contribution in [0.3, 0.4) is 0 Å². The van der Waals surface area contributed by atoms with Crippen molar-refractivity contribution in [3.8, 4) is 0 Å². The van der Waals surface area contributed by atoms with Gasteiger partial charge in [-0.1, -0.05) is 0 Å². The van der Waals surface area contributed by atoms with E-state index in [1.165, 1.54) is 25.7 Å². The summed E-state index contributed by atoms with van der Waals surface area (Å²) in [5, 5.41) is 0. The minimum atomic E-state index is 0.505. The van der Waals surface area contributed by atoms with Gasteiger partial charge in [-0.15, -0.1) is 0 Å². The normalized spacial score (nSPS) is 39.8. The second-order valence-electron chi connectivity index (χ2n) is 3.73. The van der Waals surface area contributed by atoms with E-state index in [4.69, 9.17) is 0 Å². The first-order chi connectivity index (χ1) is 4.86. The first-order valence-corrected chi connectivity index (χ1v) is 4.38. The van der Waals surface area contributed by atoms with Crippen LogP contribution in [0.5, 0.6) is 0 Å². The molecule has 1 heteroatoms. The van der Waals surface area contributed by atoms with E-state index in [1.54, 1.807) is 0 Å². The van der Waals surface area contributed by atoms with Crippen LogP contribution in [-0.2, 0) is 4.79 Å². The van der Waals surface area contributed by atoms with Gasteiger partial charge >= 0.3 is 0 Å². The molecular weight excluding hydrogens is 124 g/mol. The van der Waals surface area contributed by atoms with Gasteiger partial charge in [-0.3, -0.25) is 4.79 Å².